The zero-order valence-electron chi connectivity index (χ0n) is 16.8. The highest BCUT2D eigenvalue weighted by Crippen LogP contribution is 2.42. The summed E-state index contributed by atoms with van der Waals surface area (Å²) >= 11 is 0. The average molecular weight is 539 g/mol. The minimum Gasteiger partial charge on any atom is -0.374 e. The first-order valence-electron chi connectivity index (χ1n) is 9.27. The molecule has 0 radical (unpaired) electrons. The number of para-hydroxylation sites is 3. The van der Waals surface area contributed by atoms with E-state index in [1.165, 1.54) is 24.3 Å². The van der Waals surface area contributed by atoms with Gasteiger partial charge < -0.3 is 12.9 Å². The Kier molecular flexibility index (Phi) is 5.67. The maximum absolute atomic E-state index is 13.0. The highest BCUT2D eigenvalue weighted by molar-refractivity contribution is 7.88. The summed E-state index contributed by atoms with van der Waals surface area (Å²) < 4.78 is 135. The molecule has 186 valence electrons. The average Bonchev–Trinajstić information content (AvgIpc) is 3.06. The molecule has 1 aromatic heterocycles. The normalized spacial score (nSPS) is 13.3. The molecule has 0 fully saturated rings. The van der Waals surface area contributed by atoms with E-state index < -0.39 is 48.4 Å². The van der Waals surface area contributed by atoms with Crippen molar-refractivity contribution in [2.24, 2.45) is 0 Å². The van der Waals surface area contributed by atoms with Gasteiger partial charge in [0.15, 0.2) is 11.5 Å². The van der Waals surface area contributed by atoms with E-state index in [0.29, 0.717) is 10.8 Å². The lowest BCUT2D eigenvalue weighted by molar-refractivity contribution is -0.0502. The van der Waals surface area contributed by atoms with Crippen LogP contribution in [0.4, 0.5) is 26.3 Å². The molecule has 15 heteroatoms. The largest absolute Gasteiger partial charge is 0.534 e. The highest BCUT2D eigenvalue weighted by Gasteiger charge is 2.50. The van der Waals surface area contributed by atoms with Gasteiger partial charge in [-0.25, -0.2) is 0 Å². The van der Waals surface area contributed by atoms with Crippen molar-refractivity contribution >= 4 is 42.0 Å². The number of benzene rings is 3. The van der Waals surface area contributed by atoms with Gasteiger partial charge in [-0.3, -0.25) is 0 Å². The van der Waals surface area contributed by atoms with Crippen molar-refractivity contribution in [3.05, 3.63) is 66.7 Å². The molecule has 7 nitrogen and oxygen atoms in total. The molecule has 0 aliphatic rings. The van der Waals surface area contributed by atoms with Crippen molar-refractivity contribution < 1.29 is 51.5 Å². The van der Waals surface area contributed by atoms with E-state index in [2.05, 4.69) is 8.37 Å². The monoisotopic (exact) mass is 539 g/mol. The van der Waals surface area contributed by atoms with Crippen LogP contribution in [0.25, 0.3) is 27.5 Å². The van der Waals surface area contributed by atoms with Crippen LogP contribution < -0.4 is 8.37 Å². The van der Waals surface area contributed by atoms with Crippen LogP contribution in [-0.2, 0) is 20.2 Å². The third-order valence-corrected chi connectivity index (χ3v) is 6.66. The van der Waals surface area contributed by atoms with Gasteiger partial charge in [0, 0.05) is 10.8 Å². The number of halogens is 6. The standard InChI is InChI=1S/C20H11F6NO6S2/c21-19(22,23)34(28,29)32-16-10-5-11-17(33-35(30,31)20(24,25)26)18(16)27-14-8-3-1-6-12(14)13-7-2-4-9-15(13)27/h1-11H. The summed E-state index contributed by atoms with van der Waals surface area (Å²) in [6.07, 6.45) is 0. The molecule has 0 amide bonds. The van der Waals surface area contributed by atoms with Crippen molar-refractivity contribution in [3.8, 4) is 17.2 Å². The first-order valence-corrected chi connectivity index (χ1v) is 12.1. The SMILES string of the molecule is O=S(=O)(Oc1cccc(OS(=O)(=O)C(F)(F)F)c1-n1c2ccccc2c2ccccc21)C(F)(F)F. The number of alkyl halides is 6. The molecule has 3 aromatic carbocycles. The van der Waals surface area contributed by atoms with E-state index in [-0.39, 0.29) is 11.0 Å². The molecule has 35 heavy (non-hydrogen) atoms. The fraction of sp³-hybridized carbons (Fsp3) is 0.100. The van der Waals surface area contributed by atoms with Gasteiger partial charge in [0.25, 0.3) is 0 Å². The lowest BCUT2D eigenvalue weighted by Crippen LogP contribution is -2.29. The zero-order valence-corrected chi connectivity index (χ0v) is 18.5. The van der Waals surface area contributed by atoms with Crippen LogP contribution in [0.3, 0.4) is 0 Å². The van der Waals surface area contributed by atoms with Gasteiger partial charge in [-0.2, -0.15) is 43.2 Å². The maximum Gasteiger partial charge on any atom is 0.534 e. The van der Waals surface area contributed by atoms with E-state index in [1.807, 2.05) is 0 Å². The Morgan fingerprint density at radius 2 is 0.943 bits per heavy atom. The molecule has 0 N–H and O–H groups in total. The quantitative estimate of drug-likeness (QED) is 0.196. The van der Waals surface area contributed by atoms with E-state index in [0.717, 1.165) is 22.8 Å². The van der Waals surface area contributed by atoms with Crippen molar-refractivity contribution in [1.29, 1.82) is 0 Å². The topological polar surface area (TPSA) is 91.7 Å². The third kappa shape index (κ3) is 4.25. The van der Waals surface area contributed by atoms with Gasteiger partial charge in [0.1, 0.15) is 5.69 Å². The fourth-order valence-corrected chi connectivity index (χ4v) is 4.28. The van der Waals surface area contributed by atoms with Gasteiger partial charge in [-0.05, 0) is 24.3 Å². The highest BCUT2D eigenvalue weighted by atomic mass is 32.2. The molecular weight excluding hydrogens is 528 g/mol. The zero-order chi connectivity index (χ0) is 25.8. The lowest BCUT2D eigenvalue weighted by atomic mass is 10.2. The molecule has 1 heterocycles. The molecule has 0 aliphatic heterocycles. The number of hydrogen-bond acceptors (Lipinski definition) is 6. The van der Waals surface area contributed by atoms with Gasteiger partial charge in [-0.15, -0.1) is 0 Å². The minimum atomic E-state index is -6.30. The Morgan fingerprint density at radius 3 is 1.31 bits per heavy atom. The van der Waals surface area contributed by atoms with Crippen molar-refractivity contribution in [3.63, 3.8) is 0 Å². The van der Waals surface area contributed by atoms with Gasteiger partial charge in [-0.1, -0.05) is 42.5 Å². The maximum atomic E-state index is 13.0. The van der Waals surface area contributed by atoms with Crippen molar-refractivity contribution in [2.45, 2.75) is 11.0 Å². The summed E-state index contributed by atoms with van der Waals surface area (Å²) in [6.45, 7) is 0. The second-order valence-electron chi connectivity index (χ2n) is 6.94. The van der Waals surface area contributed by atoms with E-state index in [9.17, 15) is 43.2 Å². The number of aromatic nitrogens is 1. The van der Waals surface area contributed by atoms with Crippen LogP contribution in [0.15, 0.2) is 66.7 Å². The van der Waals surface area contributed by atoms with Gasteiger partial charge in [0.2, 0.25) is 0 Å². The number of nitrogens with zero attached hydrogens (tertiary/aromatic N) is 1. The molecule has 4 aromatic rings. The number of hydrogen-bond donors (Lipinski definition) is 0. The van der Waals surface area contributed by atoms with E-state index in [4.69, 9.17) is 0 Å². The molecule has 4 rings (SSSR count). The summed E-state index contributed by atoms with van der Waals surface area (Å²) in [6, 6.07) is 14.5. The third-order valence-electron chi connectivity index (χ3n) is 4.73. The molecule has 0 bridgehead atoms. The Hall–Kier alpha value is -3.46. The second kappa shape index (κ2) is 8.05. The van der Waals surface area contributed by atoms with Crippen LogP contribution in [-0.4, -0.2) is 32.4 Å². The molecule has 0 aliphatic carbocycles. The molecule has 0 saturated heterocycles. The number of fused-ring (bicyclic) bond motifs is 3. The Labute approximate surface area is 193 Å². The molecule has 0 unspecified atom stereocenters. The molecule has 0 spiro atoms. The Balaban J connectivity index is 2.10. The van der Waals surface area contributed by atoms with Gasteiger partial charge in [0.05, 0.1) is 11.0 Å². The Bertz CT molecular complexity index is 1540. The summed E-state index contributed by atoms with van der Waals surface area (Å²) in [7, 11) is -12.6. The summed E-state index contributed by atoms with van der Waals surface area (Å²) in [5, 5.41) is 0.947. The van der Waals surface area contributed by atoms with Crippen LogP contribution in [0, 0.1) is 0 Å². The molecule has 0 atom stereocenters. The first kappa shape index (κ1) is 24.7. The van der Waals surface area contributed by atoms with E-state index >= 15 is 0 Å². The van der Waals surface area contributed by atoms with Crippen LogP contribution in [0.1, 0.15) is 0 Å². The van der Waals surface area contributed by atoms with Crippen molar-refractivity contribution in [2.75, 3.05) is 0 Å². The summed E-state index contributed by atoms with van der Waals surface area (Å²) in [5.41, 5.74) is -12.2. The van der Waals surface area contributed by atoms with Crippen LogP contribution in [0.2, 0.25) is 0 Å². The minimum absolute atomic E-state index is 0.184. The van der Waals surface area contributed by atoms with Crippen LogP contribution >= 0.6 is 0 Å². The first-order chi connectivity index (χ1) is 16.1. The van der Waals surface area contributed by atoms with Crippen molar-refractivity contribution in [1.82, 2.24) is 4.57 Å². The summed E-state index contributed by atoms with van der Waals surface area (Å²) in [4.78, 5) is 0. The second-order valence-corrected chi connectivity index (χ2v) is 10.0. The summed E-state index contributed by atoms with van der Waals surface area (Å²) in [5.74, 6) is -2.24. The molecule has 0 saturated carbocycles. The Morgan fingerprint density at radius 1 is 0.571 bits per heavy atom. The van der Waals surface area contributed by atoms with E-state index in [1.54, 1.807) is 24.3 Å². The molecular formula is C20H11F6NO6S2. The predicted octanol–water partition coefficient (Wildman–Crippen LogP) is 5.24. The van der Waals surface area contributed by atoms with Crippen LogP contribution in [0.5, 0.6) is 11.5 Å². The lowest BCUT2D eigenvalue weighted by Gasteiger charge is -2.19. The number of rotatable bonds is 5. The smallest absolute Gasteiger partial charge is 0.374 e. The fourth-order valence-electron chi connectivity index (χ4n) is 3.35. The predicted molar refractivity (Wildman–Crippen MR) is 112 cm³/mol. The van der Waals surface area contributed by atoms with Gasteiger partial charge >= 0.3 is 31.3 Å².